The molecule has 1 fully saturated rings. The van der Waals surface area contributed by atoms with Gasteiger partial charge in [0.1, 0.15) is 0 Å². The van der Waals surface area contributed by atoms with Gasteiger partial charge in [0.15, 0.2) is 5.82 Å². The number of primary amides is 1. The van der Waals surface area contributed by atoms with Crippen LogP contribution in [0.2, 0.25) is 0 Å². The summed E-state index contributed by atoms with van der Waals surface area (Å²) in [6.45, 7) is 1.76. The molecule has 0 saturated heterocycles. The van der Waals surface area contributed by atoms with Crippen molar-refractivity contribution in [2.24, 2.45) is 5.73 Å². The Morgan fingerprint density at radius 1 is 1.43 bits per heavy atom. The molecule has 3 N–H and O–H groups in total. The lowest BCUT2D eigenvalue weighted by molar-refractivity contribution is 0.245. The molecule has 6 nitrogen and oxygen atoms in total. The van der Waals surface area contributed by atoms with Crippen LogP contribution in [0.1, 0.15) is 48.5 Å². The summed E-state index contributed by atoms with van der Waals surface area (Å²) in [5.74, 6) is 1.75. The highest BCUT2D eigenvalue weighted by atomic mass is 79.9. The lowest BCUT2D eigenvalue weighted by Gasteiger charge is -2.05. The van der Waals surface area contributed by atoms with Crippen LogP contribution in [0.3, 0.4) is 0 Å². The van der Waals surface area contributed by atoms with Crippen LogP contribution in [0, 0.1) is 0 Å². The quantitative estimate of drug-likeness (QED) is 0.886. The minimum Gasteiger partial charge on any atom is -0.352 e. The molecule has 1 heterocycles. The Bertz CT molecular complexity index is 655. The topological polar surface area (TPSA) is 94.0 Å². The monoisotopic (exact) mass is 350 g/mol. The van der Waals surface area contributed by atoms with Crippen molar-refractivity contribution in [3.05, 3.63) is 46.0 Å². The van der Waals surface area contributed by atoms with Gasteiger partial charge < -0.3 is 15.6 Å². The van der Waals surface area contributed by atoms with Gasteiger partial charge in [0, 0.05) is 10.4 Å². The first-order chi connectivity index (χ1) is 10.0. The van der Waals surface area contributed by atoms with Gasteiger partial charge in [0.05, 0.1) is 6.04 Å². The normalized spacial score (nSPS) is 21.8. The fraction of sp³-hybridized carbons (Fsp3) is 0.357. The number of halogens is 1. The lowest BCUT2D eigenvalue weighted by Crippen LogP contribution is -2.32. The molecule has 1 aliphatic rings. The molecule has 3 atom stereocenters. The molecule has 2 aromatic rings. The molecule has 21 heavy (non-hydrogen) atoms. The van der Waals surface area contributed by atoms with E-state index in [1.807, 2.05) is 12.1 Å². The molecule has 110 valence electrons. The van der Waals surface area contributed by atoms with Gasteiger partial charge in [-0.1, -0.05) is 33.2 Å². The molecular weight excluding hydrogens is 336 g/mol. The van der Waals surface area contributed by atoms with E-state index in [9.17, 15) is 4.79 Å². The van der Waals surface area contributed by atoms with E-state index >= 15 is 0 Å². The molecule has 1 aliphatic carbocycles. The molecule has 1 aromatic carbocycles. The number of nitrogens with two attached hydrogens (primary N) is 1. The highest BCUT2D eigenvalue weighted by Gasteiger charge is 2.43. The zero-order valence-electron chi connectivity index (χ0n) is 11.4. The van der Waals surface area contributed by atoms with E-state index in [2.05, 4.69) is 43.5 Å². The van der Waals surface area contributed by atoms with Gasteiger partial charge in [-0.15, -0.1) is 0 Å². The molecular formula is C14H15BrN4O2. The van der Waals surface area contributed by atoms with Crippen molar-refractivity contribution in [2.45, 2.75) is 31.2 Å². The Morgan fingerprint density at radius 3 is 2.81 bits per heavy atom. The summed E-state index contributed by atoms with van der Waals surface area (Å²) in [4.78, 5) is 15.2. The number of aromatic nitrogens is 2. The van der Waals surface area contributed by atoms with Crippen molar-refractivity contribution in [3.8, 4) is 0 Å². The van der Waals surface area contributed by atoms with Crippen molar-refractivity contribution in [3.63, 3.8) is 0 Å². The molecule has 2 amide bonds. The second-order valence-corrected chi connectivity index (χ2v) is 6.14. The zero-order valence-corrected chi connectivity index (χ0v) is 13.0. The van der Waals surface area contributed by atoms with Crippen molar-refractivity contribution in [2.75, 3.05) is 0 Å². The van der Waals surface area contributed by atoms with E-state index in [0.717, 1.165) is 10.9 Å². The second kappa shape index (κ2) is 5.48. The minimum atomic E-state index is -0.604. The summed E-state index contributed by atoms with van der Waals surface area (Å²) in [6, 6.07) is 7.30. The van der Waals surface area contributed by atoms with Crippen LogP contribution in [0.15, 0.2) is 33.3 Å². The number of rotatable bonds is 4. The first-order valence-electron chi connectivity index (χ1n) is 6.69. The summed E-state index contributed by atoms with van der Waals surface area (Å²) in [7, 11) is 0. The van der Waals surface area contributed by atoms with Gasteiger partial charge in [-0.2, -0.15) is 4.98 Å². The Balaban J connectivity index is 1.68. The highest BCUT2D eigenvalue weighted by Crippen LogP contribution is 2.54. The van der Waals surface area contributed by atoms with Crippen LogP contribution in [0.4, 0.5) is 4.79 Å². The molecule has 1 saturated carbocycles. The van der Waals surface area contributed by atoms with Gasteiger partial charge in [0.25, 0.3) is 0 Å². The third-order valence-corrected chi connectivity index (χ3v) is 4.14. The first kappa shape index (κ1) is 14.1. The molecule has 0 aliphatic heterocycles. The summed E-state index contributed by atoms with van der Waals surface area (Å²) < 4.78 is 6.37. The smallest absolute Gasteiger partial charge is 0.312 e. The van der Waals surface area contributed by atoms with E-state index in [1.54, 1.807) is 6.92 Å². The Hall–Kier alpha value is -1.89. The van der Waals surface area contributed by atoms with Gasteiger partial charge in [0.2, 0.25) is 5.89 Å². The maximum atomic E-state index is 10.8. The predicted molar refractivity (Wildman–Crippen MR) is 79.7 cm³/mol. The summed E-state index contributed by atoms with van der Waals surface area (Å²) in [5, 5.41) is 6.44. The minimum absolute atomic E-state index is 0.258. The highest BCUT2D eigenvalue weighted by molar-refractivity contribution is 9.10. The van der Waals surface area contributed by atoms with Crippen LogP contribution >= 0.6 is 15.9 Å². The van der Waals surface area contributed by atoms with Crippen LogP contribution in [0.25, 0.3) is 0 Å². The number of nitrogens with one attached hydrogen (secondary N) is 1. The van der Waals surface area contributed by atoms with E-state index < -0.39 is 6.03 Å². The van der Waals surface area contributed by atoms with Crippen molar-refractivity contribution in [1.82, 2.24) is 15.5 Å². The maximum absolute atomic E-state index is 10.8. The molecule has 0 unspecified atom stereocenters. The van der Waals surface area contributed by atoms with Crippen LogP contribution < -0.4 is 11.1 Å². The summed E-state index contributed by atoms with van der Waals surface area (Å²) in [6.07, 6.45) is 1.00. The van der Waals surface area contributed by atoms with E-state index in [0.29, 0.717) is 17.6 Å². The average Bonchev–Trinajstić information content (AvgIpc) is 3.07. The first-order valence-corrected chi connectivity index (χ1v) is 7.49. The molecule has 0 bridgehead atoms. The average molecular weight is 351 g/mol. The number of hydrogen-bond donors (Lipinski definition) is 2. The lowest BCUT2D eigenvalue weighted by atomic mass is 10.1. The van der Waals surface area contributed by atoms with Crippen LogP contribution in [0.5, 0.6) is 0 Å². The van der Waals surface area contributed by atoms with Crippen molar-refractivity contribution < 1.29 is 9.32 Å². The van der Waals surface area contributed by atoms with Crippen LogP contribution in [-0.2, 0) is 0 Å². The fourth-order valence-electron chi connectivity index (χ4n) is 2.40. The van der Waals surface area contributed by atoms with Gasteiger partial charge in [-0.05, 0) is 37.0 Å². The summed E-state index contributed by atoms with van der Waals surface area (Å²) in [5.41, 5.74) is 6.35. The van der Waals surface area contributed by atoms with Crippen molar-refractivity contribution >= 4 is 22.0 Å². The number of hydrogen-bond acceptors (Lipinski definition) is 4. The van der Waals surface area contributed by atoms with Gasteiger partial charge in [-0.25, -0.2) is 4.79 Å². The number of nitrogens with zero attached hydrogens (tertiary/aromatic N) is 2. The molecule has 1 aromatic heterocycles. The second-order valence-electron chi connectivity index (χ2n) is 5.22. The number of carbonyl (C=O) groups is 1. The fourth-order valence-corrected chi connectivity index (χ4v) is 2.66. The molecule has 3 rings (SSSR count). The number of carbonyl (C=O) groups excluding carboxylic acids is 1. The van der Waals surface area contributed by atoms with Crippen molar-refractivity contribution in [1.29, 1.82) is 0 Å². The SMILES string of the molecule is C[C@H](NC(N)=O)c1noc([C@H]2C[C@H]2c2ccc(Br)cc2)n1. The molecule has 0 radical (unpaired) electrons. The number of benzene rings is 1. The van der Waals surface area contributed by atoms with Gasteiger partial charge >= 0.3 is 6.03 Å². The zero-order chi connectivity index (χ0) is 15.0. The summed E-state index contributed by atoms with van der Waals surface area (Å²) >= 11 is 3.43. The molecule has 0 spiro atoms. The van der Waals surface area contributed by atoms with E-state index in [-0.39, 0.29) is 12.0 Å². The molecule has 7 heteroatoms. The number of urea groups is 1. The van der Waals surface area contributed by atoms with E-state index in [4.69, 9.17) is 10.3 Å². The van der Waals surface area contributed by atoms with Gasteiger partial charge in [-0.3, -0.25) is 0 Å². The largest absolute Gasteiger partial charge is 0.352 e. The Labute approximate surface area is 130 Å². The van der Waals surface area contributed by atoms with E-state index in [1.165, 1.54) is 5.56 Å². The third kappa shape index (κ3) is 3.07. The van der Waals surface area contributed by atoms with Crippen LogP contribution in [-0.4, -0.2) is 16.2 Å². The number of amides is 2. The maximum Gasteiger partial charge on any atom is 0.312 e. The standard InChI is InChI=1S/C14H15BrN4O2/c1-7(17-14(16)20)12-18-13(21-19-12)11-6-10(11)8-2-4-9(15)5-3-8/h2-5,7,10-11H,6H2,1H3,(H3,16,17,20)/t7-,10-,11-/m0/s1. The predicted octanol–water partition coefficient (Wildman–Crippen LogP) is 2.83. The Kier molecular flexibility index (Phi) is 3.67. The Morgan fingerprint density at radius 2 is 2.14 bits per heavy atom. The third-order valence-electron chi connectivity index (χ3n) is 3.61.